The number of benzene rings is 4. The molecule has 4 aromatic carbocycles. The van der Waals surface area contributed by atoms with Crippen molar-refractivity contribution in [1.82, 2.24) is 0 Å². The summed E-state index contributed by atoms with van der Waals surface area (Å²) in [6, 6.07) is 37.6. The molecule has 0 aromatic heterocycles. The Balaban J connectivity index is 0.886. The SMILES string of the molecule is C/C1=C/C(C2CCCCC2)=N/C(c2cccc(C3=CC4CCCCCC4C4c5cc([C@H]6Cc7ccccc7C7=C6C=CC6CC76)ccc5OC34)c2)=C2\CC2C1c1ccccc1. The van der Waals surface area contributed by atoms with Crippen LogP contribution in [-0.4, -0.2) is 11.8 Å². The summed E-state index contributed by atoms with van der Waals surface area (Å²) in [6.07, 6.45) is 26.9. The lowest BCUT2D eigenvalue weighted by atomic mass is 9.66. The van der Waals surface area contributed by atoms with Gasteiger partial charge in [-0.25, -0.2) is 0 Å². The van der Waals surface area contributed by atoms with Gasteiger partial charge in [-0.05, 0) is 150 Å². The van der Waals surface area contributed by atoms with Crippen molar-refractivity contribution in [3.8, 4) is 5.75 Å². The van der Waals surface area contributed by atoms with Gasteiger partial charge < -0.3 is 4.74 Å². The van der Waals surface area contributed by atoms with E-state index in [2.05, 4.69) is 128 Å². The van der Waals surface area contributed by atoms with Crippen LogP contribution in [0.2, 0.25) is 0 Å². The van der Waals surface area contributed by atoms with Gasteiger partial charge in [0.05, 0.1) is 5.70 Å². The number of hydrogen-bond donors (Lipinski definition) is 0. The zero-order valence-corrected chi connectivity index (χ0v) is 35.9. The van der Waals surface area contributed by atoms with E-state index >= 15 is 0 Å². The monoisotopic (exact) mass is 797 g/mol. The number of fused-ring (bicyclic) bond motifs is 10. The standard InChI is InChI=1S/C59H59NO/c1-35-28-53(36-14-5-2-6-15-36)60-58(51-34-50(51)55(35)37-16-7-3-8-17-37)43-21-13-20-38(29-43)49-32-40-18-9-4-10-22-45(40)57-52-33-41(25-27-54(52)61-59(49)57)47-30-39-19-11-12-23-44(39)56-46(47)26-24-42-31-48(42)56/h3,7-8,11-13,16-17,19-21,23-29,32-33,36,40,42,45,47-48,50,55,57,59H,2,4-6,9-10,14-15,18,22,30-31,34H2,1H3/b35-28-,58-51+,60-53-/t40?,42?,45?,47-,48?,50?,55?,57?,59?/m1/s1. The van der Waals surface area contributed by atoms with Gasteiger partial charge in [-0.2, -0.15) is 0 Å². The molecule has 2 aliphatic heterocycles. The maximum absolute atomic E-state index is 7.28. The second-order valence-electron chi connectivity index (χ2n) is 20.5. The van der Waals surface area contributed by atoms with Crippen LogP contribution < -0.4 is 4.74 Å². The molecular weight excluding hydrogens is 739 g/mol. The fourth-order valence-corrected chi connectivity index (χ4v) is 13.9. The predicted molar refractivity (Wildman–Crippen MR) is 251 cm³/mol. The molecule has 61 heavy (non-hydrogen) atoms. The molecule has 4 fully saturated rings. The third kappa shape index (κ3) is 6.20. The van der Waals surface area contributed by atoms with Crippen molar-refractivity contribution >= 4 is 22.6 Å². The first-order valence-electron chi connectivity index (χ1n) is 24.3. The highest BCUT2D eigenvalue weighted by molar-refractivity contribution is 6.02. The zero-order valence-electron chi connectivity index (χ0n) is 35.9. The summed E-state index contributed by atoms with van der Waals surface area (Å²) < 4.78 is 7.28. The van der Waals surface area contributed by atoms with Crippen molar-refractivity contribution in [3.05, 3.63) is 177 Å². The molecule has 2 heteroatoms. The lowest BCUT2D eigenvalue weighted by Gasteiger charge is -2.38. The number of allylic oxidation sites excluding steroid dienone is 8. The van der Waals surface area contributed by atoms with Gasteiger partial charge in [-0.1, -0.05) is 147 Å². The maximum atomic E-state index is 7.28. The minimum Gasteiger partial charge on any atom is -0.485 e. The smallest absolute Gasteiger partial charge is 0.131 e. The van der Waals surface area contributed by atoms with Gasteiger partial charge in [0.25, 0.3) is 0 Å². The lowest BCUT2D eigenvalue weighted by molar-refractivity contribution is 0.186. The summed E-state index contributed by atoms with van der Waals surface area (Å²) in [5, 5.41) is 0. The largest absolute Gasteiger partial charge is 0.485 e. The summed E-state index contributed by atoms with van der Waals surface area (Å²) in [6.45, 7) is 2.38. The minimum atomic E-state index is 0.0431. The molecule has 0 bridgehead atoms. The van der Waals surface area contributed by atoms with Crippen LogP contribution in [0.1, 0.15) is 141 Å². The Morgan fingerprint density at radius 2 is 1.51 bits per heavy atom. The minimum absolute atomic E-state index is 0.0431. The normalized spacial score (nSPS) is 35.0. The highest BCUT2D eigenvalue weighted by Gasteiger charge is 2.49. The Hall–Kier alpha value is -4.95. The van der Waals surface area contributed by atoms with Gasteiger partial charge in [0.1, 0.15) is 11.9 Å². The number of hydrogen-bond acceptors (Lipinski definition) is 2. The second kappa shape index (κ2) is 14.6. The Morgan fingerprint density at radius 3 is 2.41 bits per heavy atom. The molecule has 0 spiro atoms. The molecule has 306 valence electrons. The fraction of sp³-hybridized carbons (Fsp3) is 0.407. The Kier molecular flexibility index (Phi) is 8.76. The number of rotatable bonds is 5. The lowest BCUT2D eigenvalue weighted by Crippen LogP contribution is -2.34. The van der Waals surface area contributed by atoms with E-state index in [4.69, 9.17) is 9.73 Å². The van der Waals surface area contributed by atoms with Gasteiger partial charge in [-0.3, -0.25) is 4.99 Å². The van der Waals surface area contributed by atoms with Gasteiger partial charge in [0.15, 0.2) is 0 Å². The third-order valence-corrected chi connectivity index (χ3v) is 17.0. The number of ether oxygens (including phenoxy) is 1. The van der Waals surface area contributed by atoms with E-state index in [1.807, 2.05) is 0 Å². The highest BCUT2D eigenvalue weighted by Crippen LogP contribution is 2.60. The summed E-state index contributed by atoms with van der Waals surface area (Å²) in [5.41, 5.74) is 20.4. The molecule has 0 radical (unpaired) electrons. The average Bonchev–Trinajstić information content (AvgIpc) is 4.24. The highest BCUT2D eigenvalue weighted by atomic mass is 16.5. The molecule has 8 unspecified atom stereocenters. The molecule has 7 aliphatic carbocycles. The van der Waals surface area contributed by atoms with E-state index in [1.54, 1.807) is 16.7 Å². The Morgan fingerprint density at radius 1 is 0.689 bits per heavy atom. The molecule has 9 atom stereocenters. The first-order chi connectivity index (χ1) is 30.1. The van der Waals surface area contributed by atoms with Crippen molar-refractivity contribution in [1.29, 1.82) is 0 Å². The van der Waals surface area contributed by atoms with Crippen LogP contribution in [0.3, 0.4) is 0 Å². The van der Waals surface area contributed by atoms with Crippen LogP contribution >= 0.6 is 0 Å². The zero-order chi connectivity index (χ0) is 40.2. The van der Waals surface area contributed by atoms with E-state index in [0.29, 0.717) is 47.3 Å². The molecule has 13 rings (SSSR count). The Bertz CT molecular complexity index is 2620. The van der Waals surface area contributed by atoms with Crippen LogP contribution in [-0.2, 0) is 6.42 Å². The van der Waals surface area contributed by atoms with Crippen LogP contribution in [0.25, 0.3) is 16.8 Å². The van der Waals surface area contributed by atoms with Crippen molar-refractivity contribution in [2.75, 3.05) is 0 Å². The van der Waals surface area contributed by atoms with Crippen molar-refractivity contribution in [2.24, 2.45) is 40.5 Å². The van der Waals surface area contributed by atoms with Gasteiger partial charge in [0, 0.05) is 40.5 Å². The second-order valence-corrected chi connectivity index (χ2v) is 20.5. The predicted octanol–water partition coefficient (Wildman–Crippen LogP) is 14.6. The molecule has 0 N–H and O–H groups in total. The van der Waals surface area contributed by atoms with E-state index < -0.39 is 0 Å². The Labute approximate surface area is 363 Å². The van der Waals surface area contributed by atoms with E-state index in [0.717, 1.165) is 24.5 Å². The molecule has 2 nitrogen and oxygen atoms in total. The van der Waals surface area contributed by atoms with E-state index in [-0.39, 0.29) is 6.10 Å². The van der Waals surface area contributed by atoms with Crippen molar-refractivity contribution in [2.45, 2.75) is 114 Å². The quantitative estimate of drug-likeness (QED) is 0.197. The molecule has 9 aliphatic rings. The molecular formula is C59H59NO. The van der Waals surface area contributed by atoms with Crippen LogP contribution in [0.4, 0.5) is 0 Å². The molecule has 2 heterocycles. The summed E-state index contributed by atoms with van der Waals surface area (Å²) >= 11 is 0. The molecule has 0 saturated heterocycles. The van der Waals surface area contributed by atoms with Gasteiger partial charge in [0.2, 0.25) is 0 Å². The number of aliphatic imine (C=N–C) groups is 1. The third-order valence-electron chi connectivity index (χ3n) is 17.0. The van der Waals surface area contributed by atoms with Crippen LogP contribution in [0, 0.1) is 35.5 Å². The van der Waals surface area contributed by atoms with Crippen molar-refractivity contribution in [3.63, 3.8) is 0 Å². The summed E-state index contributed by atoms with van der Waals surface area (Å²) in [4.78, 5) is 5.76. The van der Waals surface area contributed by atoms with E-state index in [1.165, 1.54) is 132 Å². The molecule has 4 saturated carbocycles. The van der Waals surface area contributed by atoms with Gasteiger partial charge >= 0.3 is 0 Å². The van der Waals surface area contributed by atoms with Crippen LogP contribution in [0.5, 0.6) is 5.75 Å². The topological polar surface area (TPSA) is 21.6 Å². The molecule has 4 aromatic rings. The van der Waals surface area contributed by atoms with E-state index in [9.17, 15) is 0 Å². The van der Waals surface area contributed by atoms with Crippen molar-refractivity contribution < 1.29 is 4.74 Å². The number of nitrogens with zero attached hydrogens (tertiary/aromatic N) is 1. The average molecular weight is 798 g/mol. The van der Waals surface area contributed by atoms with Crippen LogP contribution in [0.15, 0.2) is 143 Å². The summed E-state index contributed by atoms with van der Waals surface area (Å²) in [5.74, 6) is 6.03. The van der Waals surface area contributed by atoms with Gasteiger partial charge in [-0.15, -0.1) is 0 Å². The first kappa shape index (κ1) is 36.7. The maximum Gasteiger partial charge on any atom is 0.131 e. The first-order valence-corrected chi connectivity index (χ1v) is 24.3. The fourth-order valence-electron chi connectivity index (χ4n) is 13.9. The molecule has 0 amide bonds. The summed E-state index contributed by atoms with van der Waals surface area (Å²) in [7, 11) is 0.